The maximum absolute atomic E-state index is 12.3. The quantitative estimate of drug-likeness (QED) is 0.819. The summed E-state index contributed by atoms with van der Waals surface area (Å²) in [6, 6.07) is 4.41. The zero-order chi connectivity index (χ0) is 20.2. The van der Waals surface area contributed by atoms with E-state index in [2.05, 4.69) is 49.1 Å². The highest BCUT2D eigenvalue weighted by Gasteiger charge is 2.30. The lowest BCUT2D eigenvalue weighted by molar-refractivity contribution is 0.0205. The number of nitrogens with zero attached hydrogens (tertiary/aromatic N) is 3. The van der Waals surface area contributed by atoms with Crippen molar-refractivity contribution in [2.24, 2.45) is 0 Å². The van der Waals surface area contributed by atoms with Gasteiger partial charge in [0.25, 0.3) is 0 Å². The zero-order valence-corrected chi connectivity index (χ0v) is 18.0. The van der Waals surface area contributed by atoms with Crippen LogP contribution in [0.3, 0.4) is 0 Å². The summed E-state index contributed by atoms with van der Waals surface area (Å²) in [6.45, 7) is 13.7. The Bertz CT molecular complexity index is 631. The highest BCUT2D eigenvalue weighted by atomic mass is 16.6. The van der Waals surface area contributed by atoms with Gasteiger partial charge in [-0.15, -0.1) is 0 Å². The first-order chi connectivity index (χ1) is 12.5. The molecular formula is C21H36N4O2. The van der Waals surface area contributed by atoms with E-state index in [9.17, 15) is 4.79 Å². The highest BCUT2D eigenvalue weighted by molar-refractivity contribution is 5.69. The molecule has 0 aromatic carbocycles. The predicted molar refractivity (Wildman–Crippen MR) is 111 cm³/mol. The summed E-state index contributed by atoms with van der Waals surface area (Å²) in [7, 11) is 2.10. The first-order valence-corrected chi connectivity index (χ1v) is 9.96. The Balaban J connectivity index is 2.02. The average Bonchev–Trinajstić information content (AvgIpc) is 2.60. The van der Waals surface area contributed by atoms with Crippen LogP contribution in [0.15, 0.2) is 18.3 Å². The van der Waals surface area contributed by atoms with E-state index in [-0.39, 0.29) is 11.6 Å². The number of piperidine rings is 1. The molecule has 1 aliphatic heterocycles. The summed E-state index contributed by atoms with van der Waals surface area (Å²) in [4.78, 5) is 21.0. The second-order valence-electron chi connectivity index (χ2n) is 9.05. The molecule has 2 heterocycles. The molecule has 0 aliphatic carbocycles. The minimum atomic E-state index is -0.453. The molecule has 0 unspecified atom stereocenters. The van der Waals surface area contributed by atoms with E-state index >= 15 is 0 Å². The lowest BCUT2D eigenvalue weighted by Gasteiger charge is -2.38. The van der Waals surface area contributed by atoms with Gasteiger partial charge in [0.15, 0.2) is 5.82 Å². The van der Waals surface area contributed by atoms with Crippen LogP contribution < -0.4 is 10.2 Å². The second-order valence-corrected chi connectivity index (χ2v) is 9.05. The fourth-order valence-electron chi connectivity index (χ4n) is 3.16. The molecule has 1 aromatic heterocycles. The lowest BCUT2D eigenvalue weighted by Crippen LogP contribution is -2.47. The SMILES string of the molecule is CCC(C)(C)Nc1cccnc1N(C)C1CCN(C(=O)OC(C)(C)C)CC1. The normalized spacial score (nSPS) is 16.2. The van der Waals surface area contributed by atoms with Crippen molar-refractivity contribution in [2.45, 2.75) is 78.0 Å². The van der Waals surface area contributed by atoms with Gasteiger partial charge >= 0.3 is 6.09 Å². The molecule has 27 heavy (non-hydrogen) atoms. The molecule has 0 bridgehead atoms. The molecule has 1 fully saturated rings. The van der Waals surface area contributed by atoms with Gasteiger partial charge in [-0.2, -0.15) is 0 Å². The molecule has 152 valence electrons. The van der Waals surface area contributed by atoms with Crippen LogP contribution in [-0.2, 0) is 4.74 Å². The maximum atomic E-state index is 12.3. The second kappa shape index (κ2) is 8.36. The maximum Gasteiger partial charge on any atom is 0.410 e. The van der Waals surface area contributed by atoms with Crippen molar-refractivity contribution in [3.8, 4) is 0 Å². The number of anilines is 2. The molecule has 6 nitrogen and oxygen atoms in total. The summed E-state index contributed by atoms with van der Waals surface area (Å²) >= 11 is 0. The number of pyridine rings is 1. The molecule has 2 rings (SSSR count). The van der Waals surface area contributed by atoms with E-state index in [0.29, 0.717) is 19.1 Å². The van der Waals surface area contributed by atoms with Crippen LogP contribution in [0.2, 0.25) is 0 Å². The van der Waals surface area contributed by atoms with Crippen LogP contribution in [0.5, 0.6) is 0 Å². The number of nitrogens with one attached hydrogen (secondary N) is 1. The molecule has 6 heteroatoms. The van der Waals surface area contributed by atoms with Gasteiger partial charge in [0.05, 0.1) is 5.69 Å². The van der Waals surface area contributed by atoms with Crippen LogP contribution in [0.4, 0.5) is 16.3 Å². The molecule has 1 N–H and O–H groups in total. The monoisotopic (exact) mass is 376 g/mol. The lowest BCUT2D eigenvalue weighted by atomic mass is 10.0. The highest BCUT2D eigenvalue weighted by Crippen LogP contribution is 2.30. The van der Waals surface area contributed by atoms with Crippen molar-refractivity contribution < 1.29 is 9.53 Å². The predicted octanol–water partition coefficient (Wildman–Crippen LogP) is 4.52. The fourth-order valence-corrected chi connectivity index (χ4v) is 3.16. The van der Waals surface area contributed by atoms with Crippen molar-refractivity contribution >= 4 is 17.6 Å². The number of amides is 1. The Labute approximate surface area is 164 Å². The minimum Gasteiger partial charge on any atom is -0.444 e. The first kappa shape index (κ1) is 21.3. The van der Waals surface area contributed by atoms with Gasteiger partial charge < -0.3 is 19.9 Å². The Hall–Kier alpha value is -1.98. The summed E-state index contributed by atoms with van der Waals surface area (Å²) < 4.78 is 5.49. The van der Waals surface area contributed by atoms with Crippen molar-refractivity contribution in [1.29, 1.82) is 0 Å². The first-order valence-electron chi connectivity index (χ1n) is 9.96. The zero-order valence-electron chi connectivity index (χ0n) is 18.0. The molecule has 1 saturated heterocycles. The van der Waals surface area contributed by atoms with E-state index < -0.39 is 5.60 Å². The van der Waals surface area contributed by atoms with E-state index in [0.717, 1.165) is 30.8 Å². The number of hydrogen-bond acceptors (Lipinski definition) is 5. The van der Waals surface area contributed by atoms with Gasteiger partial charge in [-0.3, -0.25) is 0 Å². The molecule has 0 radical (unpaired) electrons. The smallest absolute Gasteiger partial charge is 0.410 e. The van der Waals surface area contributed by atoms with Crippen LogP contribution in [0.1, 0.15) is 60.8 Å². The average molecular weight is 377 g/mol. The molecule has 0 saturated carbocycles. The van der Waals surface area contributed by atoms with Crippen LogP contribution in [0.25, 0.3) is 0 Å². The van der Waals surface area contributed by atoms with Gasteiger partial charge in [0.2, 0.25) is 0 Å². The van der Waals surface area contributed by atoms with E-state index in [1.165, 1.54) is 0 Å². The van der Waals surface area contributed by atoms with E-state index in [1.54, 1.807) is 0 Å². The number of ether oxygens (including phenoxy) is 1. The largest absolute Gasteiger partial charge is 0.444 e. The number of aromatic nitrogens is 1. The van der Waals surface area contributed by atoms with Gasteiger partial charge in [0, 0.05) is 37.9 Å². The molecule has 1 aromatic rings. The van der Waals surface area contributed by atoms with Gasteiger partial charge in [0.1, 0.15) is 5.60 Å². The number of rotatable bonds is 5. The van der Waals surface area contributed by atoms with Gasteiger partial charge in [-0.05, 0) is 66.0 Å². The van der Waals surface area contributed by atoms with Crippen LogP contribution >= 0.6 is 0 Å². The van der Waals surface area contributed by atoms with Crippen molar-refractivity contribution in [3.05, 3.63) is 18.3 Å². The molecular weight excluding hydrogens is 340 g/mol. The third-order valence-electron chi connectivity index (χ3n) is 5.14. The van der Waals surface area contributed by atoms with E-state index in [4.69, 9.17) is 4.74 Å². The van der Waals surface area contributed by atoms with Crippen molar-refractivity contribution in [2.75, 3.05) is 30.4 Å². The van der Waals surface area contributed by atoms with Crippen LogP contribution in [0, 0.1) is 0 Å². The standard InChI is InChI=1S/C21H36N4O2/c1-8-21(5,6)23-17-10-9-13-22-18(17)24(7)16-11-14-25(15-12-16)19(26)27-20(2,3)4/h9-10,13,16,23H,8,11-12,14-15H2,1-7H3. The minimum absolute atomic E-state index is 0.0126. The number of likely N-dealkylation sites (tertiary alicyclic amines) is 1. The topological polar surface area (TPSA) is 57.7 Å². The Morgan fingerprint density at radius 3 is 2.48 bits per heavy atom. The van der Waals surface area contributed by atoms with Gasteiger partial charge in [-0.25, -0.2) is 9.78 Å². The summed E-state index contributed by atoms with van der Waals surface area (Å²) in [5, 5.41) is 3.62. The Morgan fingerprint density at radius 1 is 1.30 bits per heavy atom. The molecule has 0 atom stereocenters. The summed E-state index contributed by atoms with van der Waals surface area (Å²) in [6.07, 6.45) is 4.46. The Morgan fingerprint density at radius 2 is 1.93 bits per heavy atom. The molecule has 1 amide bonds. The Kier molecular flexibility index (Phi) is 6.60. The number of carbonyl (C=O) groups excluding carboxylic acids is 1. The number of hydrogen-bond donors (Lipinski definition) is 1. The van der Waals surface area contributed by atoms with Crippen LogP contribution in [-0.4, -0.2) is 53.3 Å². The third-order valence-corrected chi connectivity index (χ3v) is 5.14. The summed E-state index contributed by atoms with van der Waals surface area (Å²) in [5.41, 5.74) is 0.616. The fraction of sp³-hybridized carbons (Fsp3) is 0.714. The molecule has 0 spiro atoms. The van der Waals surface area contributed by atoms with Crippen molar-refractivity contribution in [3.63, 3.8) is 0 Å². The summed E-state index contributed by atoms with van der Waals surface area (Å²) in [5.74, 6) is 0.967. The van der Waals surface area contributed by atoms with E-state index in [1.807, 2.05) is 37.9 Å². The molecule has 1 aliphatic rings. The third kappa shape index (κ3) is 6.01. The van der Waals surface area contributed by atoms with Gasteiger partial charge in [-0.1, -0.05) is 6.92 Å². The van der Waals surface area contributed by atoms with Crippen molar-refractivity contribution in [1.82, 2.24) is 9.88 Å². The number of carbonyl (C=O) groups is 1.